The van der Waals surface area contributed by atoms with E-state index in [9.17, 15) is 18.0 Å². The highest BCUT2D eigenvalue weighted by Crippen LogP contribution is 2.46. The molecule has 0 radical (unpaired) electrons. The Kier molecular flexibility index (Phi) is 6.60. The summed E-state index contributed by atoms with van der Waals surface area (Å²) in [6.45, 7) is 5.66. The molecule has 2 heterocycles. The number of hydrogen-bond acceptors (Lipinski definition) is 3. The maximum absolute atomic E-state index is 14.4. The van der Waals surface area contributed by atoms with Crippen LogP contribution in [0.25, 0.3) is 22.3 Å². The SMILES string of the molecule is COC1C(c2cccc(-c3ccc(-c4cccnc4)cc3)c2C(F)(F)F)CN1C(=O)NC(C)(C)C. The van der Waals surface area contributed by atoms with E-state index >= 15 is 0 Å². The van der Waals surface area contributed by atoms with Crippen LogP contribution in [0.1, 0.15) is 37.8 Å². The van der Waals surface area contributed by atoms with E-state index in [0.29, 0.717) is 5.56 Å². The average molecular weight is 484 g/mol. The first kappa shape index (κ1) is 24.7. The third-order valence-electron chi connectivity index (χ3n) is 6.00. The molecule has 1 aliphatic heterocycles. The summed E-state index contributed by atoms with van der Waals surface area (Å²) in [4.78, 5) is 18.1. The minimum absolute atomic E-state index is 0.0974. The highest BCUT2D eigenvalue weighted by Gasteiger charge is 2.48. The van der Waals surface area contributed by atoms with Gasteiger partial charge in [0.15, 0.2) is 0 Å². The summed E-state index contributed by atoms with van der Waals surface area (Å²) in [6, 6.07) is 14.9. The second kappa shape index (κ2) is 9.34. The second-order valence-electron chi connectivity index (χ2n) is 9.65. The molecule has 0 saturated carbocycles. The molecule has 2 aromatic carbocycles. The van der Waals surface area contributed by atoms with Gasteiger partial charge in [-0.3, -0.25) is 9.88 Å². The first-order valence-corrected chi connectivity index (χ1v) is 11.3. The average Bonchev–Trinajstić information content (AvgIpc) is 2.77. The highest BCUT2D eigenvalue weighted by molar-refractivity contribution is 5.77. The van der Waals surface area contributed by atoms with Gasteiger partial charge in [0, 0.05) is 37.5 Å². The van der Waals surface area contributed by atoms with E-state index in [2.05, 4.69) is 10.3 Å². The van der Waals surface area contributed by atoms with Gasteiger partial charge in [0.1, 0.15) is 6.23 Å². The van der Waals surface area contributed by atoms with E-state index in [1.54, 1.807) is 42.7 Å². The van der Waals surface area contributed by atoms with Crippen molar-refractivity contribution in [2.45, 2.75) is 44.6 Å². The standard InChI is InChI=1S/C27H28F3N3O2/c1-26(2,3)32-25(34)33-16-22(24(33)35-4)21-9-5-8-20(23(21)27(28,29)30)18-12-10-17(11-13-18)19-7-6-14-31-15-19/h5-15,22,24H,16H2,1-4H3,(H,32,34). The lowest BCUT2D eigenvalue weighted by Crippen LogP contribution is -2.62. The zero-order chi connectivity index (χ0) is 25.4. The minimum atomic E-state index is -4.58. The summed E-state index contributed by atoms with van der Waals surface area (Å²) in [6.07, 6.45) is -2.00. The van der Waals surface area contributed by atoms with Crippen molar-refractivity contribution in [3.63, 3.8) is 0 Å². The van der Waals surface area contributed by atoms with Crippen LogP contribution in [0.5, 0.6) is 0 Å². The third kappa shape index (κ3) is 5.17. The van der Waals surface area contributed by atoms with Crippen molar-refractivity contribution in [3.8, 4) is 22.3 Å². The summed E-state index contributed by atoms with van der Waals surface area (Å²) < 4.78 is 48.8. The molecule has 35 heavy (non-hydrogen) atoms. The largest absolute Gasteiger partial charge is 0.417 e. The molecule has 1 fully saturated rings. The fraction of sp³-hybridized carbons (Fsp3) is 0.333. The fourth-order valence-electron chi connectivity index (χ4n) is 4.43. The second-order valence-corrected chi connectivity index (χ2v) is 9.65. The molecule has 2 amide bonds. The Hall–Kier alpha value is -3.39. The molecule has 8 heteroatoms. The number of urea groups is 1. The van der Waals surface area contributed by atoms with Crippen LogP contribution in [-0.4, -0.2) is 41.3 Å². The number of alkyl halides is 3. The van der Waals surface area contributed by atoms with Crippen LogP contribution < -0.4 is 5.32 Å². The molecule has 184 valence electrons. The molecule has 1 saturated heterocycles. The number of amides is 2. The topological polar surface area (TPSA) is 54.5 Å². The number of pyridine rings is 1. The zero-order valence-corrected chi connectivity index (χ0v) is 20.1. The van der Waals surface area contributed by atoms with Crippen LogP contribution in [0.15, 0.2) is 67.0 Å². The minimum Gasteiger partial charge on any atom is -0.361 e. The number of carbonyl (C=O) groups is 1. The lowest BCUT2D eigenvalue weighted by molar-refractivity contribution is -0.140. The molecule has 5 nitrogen and oxygen atoms in total. The number of ether oxygens (including phenoxy) is 1. The Bertz CT molecular complexity index is 1190. The number of carbonyl (C=O) groups excluding carboxylic acids is 1. The van der Waals surface area contributed by atoms with Gasteiger partial charge in [0.2, 0.25) is 0 Å². The number of likely N-dealkylation sites (tertiary alicyclic amines) is 1. The molecule has 1 aromatic heterocycles. The van der Waals surface area contributed by atoms with E-state index < -0.39 is 29.4 Å². The van der Waals surface area contributed by atoms with Gasteiger partial charge in [-0.1, -0.05) is 48.5 Å². The van der Waals surface area contributed by atoms with Crippen molar-refractivity contribution in [3.05, 3.63) is 78.1 Å². The number of benzene rings is 2. The Morgan fingerprint density at radius 1 is 1.00 bits per heavy atom. The first-order valence-electron chi connectivity index (χ1n) is 11.3. The van der Waals surface area contributed by atoms with E-state index in [1.807, 2.05) is 32.9 Å². The summed E-state index contributed by atoms with van der Waals surface area (Å²) >= 11 is 0. The zero-order valence-electron chi connectivity index (χ0n) is 20.1. The van der Waals surface area contributed by atoms with E-state index in [4.69, 9.17) is 4.74 Å². The van der Waals surface area contributed by atoms with Crippen molar-refractivity contribution in [2.24, 2.45) is 0 Å². The number of rotatable bonds is 4. The molecule has 0 spiro atoms. The van der Waals surface area contributed by atoms with Gasteiger partial charge in [0.05, 0.1) is 5.56 Å². The normalized spacial score (nSPS) is 18.2. The smallest absolute Gasteiger partial charge is 0.361 e. The summed E-state index contributed by atoms with van der Waals surface area (Å²) in [5.74, 6) is -0.600. The lowest BCUT2D eigenvalue weighted by atomic mass is 9.82. The van der Waals surface area contributed by atoms with Gasteiger partial charge in [-0.15, -0.1) is 0 Å². The Morgan fingerprint density at radius 2 is 1.69 bits per heavy atom. The number of methoxy groups -OCH3 is 1. The lowest BCUT2D eigenvalue weighted by Gasteiger charge is -2.48. The van der Waals surface area contributed by atoms with Gasteiger partial charge in [-0.25, -0.2) is 4.79 Å². The van der Waals surface area contributed by atoms with Crippen LogP contribution in [-0.2, 0) is 10.9 Å². The van der Waals surface area contributed by atoms with E-state index in [1.165, 1.54) is 24.1 Å². The molecular weight excluding hydrogens is 455 g/mol. The maximum Gasteiger partial charge on any atom is 0.417 e. The van der Waals surface area contributed by atoms with Crippen molar-refractivity contribution in [1.82, 2.24) is 15.2 Å². The highest BCUT2D eigenvalue weighted by atomic mass is 19.4. The van der Waals surface area contributed by atoms with E-state index in [0.717, 1.165) is 11.1 Å². The molecule has 4 rings (SSSR count). The monoisotopic (exact) mass is 483 g/mol. The predicted molar refractivity (Wildman–Crippen MR) is 129 cm³/mol. The third-order valence-corrected chi connectivity index (χ3v) is 6.00. The van der Waals surface area contributed by atoms with Crippen molar-refractivity contribution >= 4 is 6.03 Å². The first-order chi connectivity index (χ1) is 16.5. The molecule has 2 unspecified atom stereocenters. The van der Waals surface area contributed by atoms with Crippen LogP contribution in [0.3, 0.4) is 0 Å². The molecule has 3 aromatic rings. The van der Waals surface area contributed by atoms with Gasteiger partial charge < -0.3 is 10.1 Å². The Labute approximate surface area is 202 Å². The number of aromatic nitrogens is 1. The van der Waals surface area contributed by atoms with Crippen molar-refractivity contribution < 1.29 is 22.7 Å². The van der Waals surface area contributed by atoms with Gasteiger partial charge >= 0.3 is 12.2 Å². The molecule has 0 bridgehead atoms. The van der Waals surface area contributed by atoms with Gasteiger partial charge in [-0.2, -0.15) is 13.2 Å². The molecular formula is C27H28F3N3O2. The summed E-state index contributed by atoms with van der Waals surface area (Å²) in [5, 5.41) is 2.84. The van der Waals surface area contributed by atoms with Crippen LogP contribution in [0.2, 0.25) is 0 Å². The predicted octanol–water partition coefficient (Wildman–Crippen LogP) is 6.31. The number of nitrogens with zero attached hydrogens (tertiary/aromatic N) is 2. The van der Waals surface area contributed by atoms with Crippen molar-refractivity contribution in [2.75, 3.05) is 13.7 Å². The Morgan fingerprint density at radius 3 is 2.26 bits per heavy atom. The van der Waals surface area contributed by atoms with Crippen LogP contribution >= 0.6 is 0 Å². The maximum atomic E-state index is 14.4. The molecule has 0 aliphatic carbocycles. The molecule has 1 N–H and O–H groups in total. The van der Waals surface area contributed by atoms with Gasteiger partial charge in [0.25, 0.3) is 0 Å². The van der Waals surface area contributed by atoms with Crippen LogP contribution in [0.4, 0.5) is 18.0 Å². The summed E-state index contributed by atoms with van der Waals surface area (Å²) in [5.41, 5.74) is 1.26. The molecule has 2 atom stereocenters. The number of hydrogen-bond donors (Lipinski definition) is 1. The van der Waals surface area contributed by atoms with Gasteiger partial charge in [-0.05, 0) is 54.7 Å². The quantitative estimate of drug-likeness (QED) is 0.473. The van der Waals surface area contributed by atoms with Crippen molar-refractivity contribution in [1.29, 1.82) is 0 Å². The van der Waals surface area contributed by atoms with Crippen LogP contribution in [0, 0.1) is 0 Å². The number of nitrogens with one attached hydrogen (secondary N) is 1. The molecule has 1 aliphatic rings. The summed E-state index contributed by atoms with van der Waals surface area (Å²) in [7, 11) is 1.41. The Balaban J connectivity index is 1.69. The fourth-order valence-corrected chi connectivity index (χ4v) is 4.43. The van der Waals surface area contributed by atoms with E-state index in [-0.39, 0.29) is 23.7 Å². The number of halogens is 3.